The minimum atomic E-state index is -1.02. The highest BCUT2D eigenvalue weighted by Gasteiger charge is 2.56. The fraction of sp³-hybridized carbons (Fsp3) is 0.714. The molecule has 0 aliphatic heterocycles. The van der Waals surface area contributed by atoms with Gasteiger partial charge in [-0.3, -0.25) is 0 Å². The largest absolute Gasteiger partial charge is 0.330 e. The quantitative estimate of drug-likeness (QED) is 0.502. The van der Waals surface area contributed by atoms with Gasteiger partial charge in [0.25, 0.3) is 10.2 Å². The van der Waals surface area contributed by atoms with Crippen LogP contribution < -0.4 is 5.73 Å². The van der Waals surface area contributed by atoms with Crippen LogP contribution in [0, 0.1) is 43.9 Å². The SMILES string of the molecule is CCC(CO[N+](=O)[O-])O[N+](=O)[O-].NCC1(c2ccccc2)C2CC3CC(C2)CC1C3. The van der Waals surface area contributed by atoms with Gasteiger partial charge in [-0.2, -0.15) is 0 Å². The summed E-state index contributed by atoms with van der Waals surface area (Å²) in [6.45, 7) is 2.02. The van der Waals surface area contributed by atoms with Crippen molar-refractivity contribution in [2.45, 2.75) is 57.0 Å². The number of benzene rings is 1. The molecule has 0 heterocycles. The van der Waals surface area contributed by atoms with E-state index in [4.69, 9.17) is 5.73 Å². The Morgan fingerprint density at radius 1 is 1.03 bits per heavy atom. The lowest BCUT2D eigenvalue weighted by atomic mass is 9.44. The van der Waals surface area contributed by atoms with Crippen molar-refractivity contribution >= 4 is 0 Å². The summed E-state index contributed by atoms with van der Waals surface area (Å²) in [7, 11) is 0. The molecule has 0 aromatic heterocycles. The van der Waals surface area contributed by atoms with Crippen LogP contribution in [-0.2, 0) is 15.1 Å². The molecular formula is C21H31N3O6. The predicted molar refractivity (Wildman–Crippen MR) is 109 cm³/mol. The average molecular weight is 421 g/mol. The molecule has 4 aliphatic carbocycles. The molecule has 30 heavy (non-hydrogen) atoms. The van der Waals surface area contributed by atoms with Gasteiger partial charge in [-0.1, -0.05) is 37.3 Å². The molecule has 4 bridgehead atoms. The fourth-order valence-electron chi connectivity index (χ4n) is 6.18. The molecule has 0 amide bonds. The second kappa shape index (κ2) is 9.59. The lowest BCUT2D eigenvalue weighted by Gasteiger charge is -2.61. The Labute approximate surface area is 176 Å². The standard InChI is InChI=1S/C17H23N.C4H8N2O6/c18-11-17(14-4-2-1-3-5-14)15-7-12-6-13(9-15)10-16(17)8-12;1-2-4(12-6(9)10)3-11-5(7)8/h1-5,12-13,15-16H,6-11,18H2;4H,2-3H2,1H3. The van der Waals surface area contributed by atoms with E-state index in [0.29, 0.717) is 5.41 Å². The van der Waals surface area contributed by atoms with Crippen LogP contribution in [0.5, 0.6) is 0 Å². The second-order valence-electron chi connectivity index (χ2n) is 8.79. The molecular weight excluding hydrogens is 390 g/mol. The number of rotatable bonds is 8. The Balaban J connectivity index is 0.000000189. The van der Waals surface area contributed by atoms with Crippen molar-refractivity contribution < 1.29 is 19.8 Å². The molecule has 4 saturated carbocycles. The highest BCUT2D eigenvalue weighted by molar-refractivity contribution is 5.31. The zero-order valence-electron chi connectivity index (χ0n) is 17.4. The Morgan fingerprint density at radius 2 is 1.60 bits per heavy atom. The van der Waals surface area contributed by atoms with Gasteiger partial charge in [0, 0.05) is 12.0 Å². The van der Waals surface area contributed by atoms with E-state index >= 15 is 0 Å². The molecule has 2 N–H and O–H groups in total. The predicted octanol–water partition coefficient (Wildman–Crippen LogP) is 3.52. The maximum atomic E-state index is 9.77. The van der Waals surface area contributed by atoms with E-state index < -0.39 is 22.9 Å². The number of hydrogen-bond donors (Lipinski definition) is 1. The highest BCUT2D eigenvalue weighted by atomic mass is 17.0. The van der Waals surface area contributed by atoms with Gasteiger partial charge in [0.1, 0.15) is 12.7 Å². The van der Waals surface area contributed by atoms with Gasteiger partial charge in [0.05, 0.1) is 0 Å². The Kier molecular flexibility index (Phi) is 7.12. The summed E-state index contributed by atoms with van der Waals surface area (Å²) in [6.07, 6.45) is 6.68. The van der Waals surface area contributed by atoms with Crippen molar-refractivity contribution in [3.05, 3.63) is 56.1 Å². The summed E-state index contributed by atoms with van der Waals surface area (Å²) in [5, 5.41) is 17.4. The maximum absolute atomic E-state index is 9.77. The molecule has 0 spiro atoms. The van der Waals surface area contributed by atoms with Crippen LogP contribution in [0.3, 0.4) is 0 Å². The molecule has 1 aromatic carbocycles. The smallest absolute Gasteiger partial charge is 0.294 e. The van der Waals surface area contributed by atoms with Crippen molar-refractivity contribution in [2.24, 2.45) is 29.4 Å². The molecule has 0 saturated heterocycles. The third-order valence-corrected chi connectivity index (χ3v) is 7.30. The second-order valence-corrected chi connectivity index (χ2v) is 8.79. The molecule has 9 heteroatoms. The zero-order valence-corrected chi connectivity index (χ0v) is 17.4. The van der Waals surface area contributed by atoms with Gasteiger partial charge in [-0.05, 0) is 67.8 Å². The monoisotopic (exact) mass is 421 g/mol. The van der Waals surface area contributed by atoms with E-state index in [1.165, 1.54) is 37.7 Å². The van der Waals surface area contributed by atoms with Crippen LogP contribution in [0.15, 0.2) is 30.3 Å². The minimum absolute atomic E-state index is 0.273. The molecule has 4 aliphatic rings. The van der Waals surface area contributed by atoms with Gasteiger partial charge in [0.15, 0.2) is 0 Å². The van der Waals surface area contributed by atoms with Crippen LogP contribution in [-0.4, -0.2) is 29.4 Å². The van der Waals surface area contributed by atoms with Gasteiger partial charge < -0.3 is 15.4 Å². The van der Waals surface area contributed by atoms with Gasteiger partial charge >= 0.3 is 0 Å². The van der Waals surface area contributed by atoms with Crippen molar-refractivity contribution in [1.29, 1.82) is 0 Å². The van der Waals surface area contributed by atoms with Crippen LogP contribution in [0.25, 0.3) is 0 Å². The van der Waals surface area contributed by atoms with E-state index in [2.05, 4.69) is 40.0 Å². The van der Waals surface area contributed by atoms with Crippen LogP contribution in [0.1, 0.15) is 51.0 Å². The summed E-state index contributed by atoms with van der Waals surface area (Å²) in [5.74, 6) is 3.77. The topological polar surface area (TPSA) is 131 Å². The Morgan fingerprint density at radius 3 is 2.03 bits per heavy atom. The average Bonchev–Trinajstić information content (AvgIpc) is 2.72. The summed E-state index contributed by atoms with van der Waals surface area (Å²) < 4.78 is 0. The Hall–Kier alpha value is -2.42. The van der Waals surface area contributed by atoms with Crippen LogP contribution in [0.4, 0.5) is 0 Å². The number of nitrogens with zero attached hydrogens (tertiary/aromatic N) is 2. The number of nitrogens with two attached hydrogens (primary N) is 1. The van der Waals surface area contributed by atoms with Gasteiger partial charge in [0.2, 0.25) is 0 Å². The summed E-state index contributed by atoms with van der Waals surface area (Å²) in [6, 6.07) is 11.2. The van der Waals surface area contributed by atoms with E-state index in [0.717, 1.165) is 30.2 Å². The van der Waals surface area contributed by atoms with Crippen molar-refractivity contribution in [2.75, 3.05) is 13.2 Å². The van der Waals surface area contributed by atoms with Gasteiger partial charge in [-0.15, -0.1) is 20.2 Å². The van der Waals surface area contributed by atoms with Crippen molar-refractivity contribution in [1.82, 2.24) is 0 Å². The van der Waals surface area contributed by atoms with E-state index in [9.17, 15) is 20.2 Å². The third-order valence-electron chi connectivity index (χ3n) is 7.30. The van der Waals surface area contributed by atoms with Crippen LogP contribution >= 0.6 is 0 Å². The first kappa shape index (κ1) is 22.3. The first-order valence-corrected chi connectivity index (χ1v) is 10.7. The van der Waals surface area contributed by atoms with Crippen LogP contribution in [0.2, 0.25) is 0 Å². The molecule has 1 atom stereocenters. The third kappa shape index (κ3) is 4.66. The summed E-state index contributed by atoms with van der Waals surface area (Å²) >= 11 is 0. The maximum Gasteiger partial charge on any atom is 0.294 e. The molecule has 1 unspecified atom stereocenters. The van der Waals surface area contributed by atoms with E-state index in [1.807, 2.05) is 0 Å². The molecule has 9 nitrogen and oxygen atoms in total. The molecule has 166 valence electrons. The highest BCUT2D eigenvalue weighted by Crippen LogP contribution is 2.62. The van der Waals surface area contributed by atoms with Crippen molar-refractivity contribution in [3.63, 3.8) is 0 Å². The number of hydrogen-bond acceptors (Lipinski definition) is 7. The molecule has 0 radical (unpaired) electrons. The van der Waals surface area contributed by atoms with Crippen molar-refractivity contribution in [3.8, 4) is 0 Å². The van der Waals surface area contributed by atoms with Gasteiger partial charge in [-0.25, -0.2) is 0 Å². The lowest BCUT2D eigenvalue weighted by molar-refractivity contribution is -0.790. The molecule has 1 aromatic rings. The normalized spacial score (nSPS) is 31.9. The van der Waals surface area contributed by atoms with E-state index in [1.54, 1.807) is 6.92 Å². The summed E-state index contributed by atoms with van der Waals surface area (Å²) in [4.78, 5) is 27.4. The fourth-order valence-corrected chi connectivity index (χ4v) is 6.18. The first-order valence-electron chi connectivity index (χ1n) is 10.7. The first-order chi connectivity index (χ1) is 14.4. The Bertz CT molecular complexity index is 701. The zero-order chi connectivity index (χ0) is 21.7. The van der Waals surface area contributed by atoms with E-state index in [-0.39, 0.29) is 6.42 Å². The minimum Gasteiger partial charge on any atom is -0.330 e. The molecule has 5 rings (SSSR count). The lowest BCUT2D eigenvalue weighted by Crippen LogP contribution is -2.58. The summed E-state index contributed by atoms with van der Waals surface area (Å²) in [5.41, 5.74) is 8.16. The molecule has 4 fully saturated rings.